The molecular weight excluding hydrogens is 228 g/mol. The van der Waals surface area contributed by atoms with E-state index >= 15 is 0 Å². The molecule has 3 heteroatoms. The third-order valence-corrected chi connectivity index (χ3v) is 3.28. The van der Waals surface area contributed by atoms with Gasteiger partial charge in [-0.15, -0.1) is 0 Å². The first kappa shape index (κ1) is 11.5. The average molecular weight is 249 g/mol. The first-order valence-electron chi connectivity index (χ1n) is 5.19. The van der Waals surface area contributed by atoms with E-state index in [1.807, 2.05) is 0 Å². The summed E-state index contributed by atoms with van der Waals surface area (Å²) in [7, 11) is 4.28. The Kier molecular flexibility index (Phi) is 5.29. The lowest BCUT2D eigenvalue weighted by Crippen LogP contribution is -2.37. The van der Waals surface area contributed by atoms with Crippen LogP contribution in [0.5, 0.6) is 0 Å². The zero-order chi connectivity index (χ0) is 9.68. The van der Waals surface area contributed by atoms with Gasteiger partial charge in [0, 0.05) is 11.4 Å². The highest BCUT2D eigenvalue weighted by atomic mass is 79.9. The van der Waals surface area contributed by atoms with Crippen LogP contribution in [0.2, 0.25) is 0 Å². The van der Waals surface area contributed by atoms with Crippen molar-refractivity contribution < 1.29 is 0 Å². The maximum Gasteiger partial charge on any atom is 0.0273 e. The minimum atomic E-state index is 0.737. The number of piperidine rings is 1. The molecule has 1 rings (SSSR count). The van der Waals surface area contributed by atoms with Crippen molar-refractivity contribution in [3.05, 3.63) is 0 Å². The molecule has 1 aliphatic heterocycles. The molecule has 0 N–H and O–H groups in total. The minimum Gasteiger partial charge on any atom is -0.309 e. The molecule has 13 heavy (non-hydrogen) atoms. The Morgan fingerprint density at radius 3 is 2.85 bits per heavy atom. The molecule has 0 amide bonds. The third-order valence-electron chi connectivity index (χ3n) is 2.53. The number of likely N-dealkylation sites (tertiary alicyclic amines) is 1. The van der Waals surface area contributed by atoms with Gasteiger partial charge in [0.05, 0.1) is 0 Å². The Balaban J connectivity index is 2.06. The molecule has 1 atom stereocenters. The summed E-state index contributed by atoms with van der Waals surface area (Å²) in [5.74, 6) is 0. The van der Waals surface area contributed by atoms with Crippen LogP contribution in [0.15, 0.2) is 0 Å². The quantitative estimate of drug-likeness (QED) is 0.701. The summed E-state index contributed by atoms with van der Waals surface area (Å²) < 4.78 is 0. The summed E-state index contributed by atoms with van der Waals surface area (Å²) in [5, 5.41) is 0. The number of halogens is 1. The zero-order valence-corrected chi connectivity index (χ0v) is 10.4. The first-order valence-corrected chi connectivity index (χ1v) is 6.11. The van der Waals surface area contributed by atoms with Crippen LogP contribution in [0.3, 0.4) is 0 Å². The molecule has 0 aliphatic carbocycles. The summed E-state index contributed by atoms with van der Waals surface area (Å²) >= 11 is 3.70. The Morgan fingerprint density at radius 2 is 2.23 bits per heavy atom. The minimum absolute atomic E-state index is 0.737. The van der Waals surface area contributed by atoms with Gasteiger partial charge in [0.2, 0.25) is 0 Å². The van der Waals surface area contributed by atoms with Crippen LogP contribution < -0.4 is 0 Å². The van der Waals surface area contributed by atoms with Crippen LogP contribution >= 0.6 is 15.9 Å². The van der Waals surface area contributed by atoms with Gasteiger partial charge in [0.15, 0.2) is 0 Å². The lowest BCUT2D eigenvalue weighted by molar-refractivity contribution is 0.223. The second-order valence-electron chi connectivity index (χ2n) is 4.20. The SMILES string of the molecule is CN(C)CCCN1CCCC(Br)C1. The van der Waals surface area contributed by atoms with Gasteiger partial charge in [-0.25, -0.2) is 0 Å². The number of alkyl halides is 1. The van der Waals surface area contributed by atoms with E-state index in [1.54, 1.807) is 0 Å². The molecule has 0 bridgehead atoms. The molecule has 0 aromatic rings. The van der Waals surface area contributed by atoms with E-state index in [-0.39, 0.29) is 0 Å². The van der Waals surface area contributed by atoms with Crippen molar-refractivity contribution >= 4 is 15.9 Å². The molecule has 1 fully saturated rings. The van der Waals surface area contributed by atoms with Crippen LogP contribution in [-0.4, -0.2) is 54.9 Å². The van der Waals surface area contributed by atoms with E-state index in [0.29, 0.717) is 0 Å². The van der Waals surface area contributed by atoms with Crippen LogP contribution in [0, 0.1) is 0 Å². The van der Waals surface area contributed by atoms with Crippen molar-refractivity contribution in [3.63, 3.8) is 0 Å². The fourth-order valence-electron chi connectivity index (χ4n) is 1.81. The summed E-state index contributed by atoms with van der Waals surface area (Å²) in [6.07, 6.45) is 4.01. The second kappa shape index (κ2) is 5.99. The van der Waals surface area contributed by atoms with Gasteiger partial charge in [0.25, 0.3) is 0 Å². The van der Waals surface area contributed by atoms with Crippen molar-refractivity contribution in [2.45, 2.75) is 24.1 Å². The smallest absolute Gasteiger partial charge is 0.0273 e. The van der Waals surface area contributed by atoms with Gasteiger partial charge in [-0.2, -0.15) is 0 Å². The van der Waals surface area contributed by atoms with E-state index in [1.165, 1.54) is 45.4 Å². The van der Waals surface area contributed by atoms with Gasteiger partial charge in [0.1, 0.15) is 0 Å². The van der Waals surface area contributed by atoms with Gasteiger partial charge < -0.3 is 9.80 Å². The standard InChI is InChI=1S/C10H21BrN2/c1-12(2)6-4-8-13-7-3-5-10(11)9-13/h10H,3-9H2,1-2H3. The molecule has 1 heterocycles. The van der Waals surface area contributed by atoms with Crippen LogP contribution in [-0.2, 0) is 0 Å². The van der Waals surface area contributed by atoms with Crippen molar-refractivity contribution in [3.8, 4) is 0 Å². The predicted molar refractivity (Wildman–Crippen MR) is 61.6 cm³/mol. The Labute approximate surface area is 90.4 Å². The van der Waals surface area contributed by atoms with Crippen LogP contribution in [0.4, 0.5) is 0 Å². The predicted octanol–water partition coefficient (Wildman–Crippen LogP) is 1.80. The van der Waals surface area contributed by atoms with Gasteiger partial charge in [-0.1, -0.05) is 15.9 Å². The molecule has 1 unspecified atom stereocenters. The lowest BCUT2D eigenvalue weighted by Gasteiger charge is -2.30. The maximum atomic E-state index is 3.70. The second-order valence-corrected chi connectivity index (χ2v) is 5.49. The van der Waals surface area contributed by atoms with E-state index < -0.39 is 0 Å². The van der Waals surface area contributed by atoms with Crippen molar-refractivity contribution in [1.29, 1.82) is 0 Å². The van der Waals surface area contributed by atoms with Crippen molar-refractivity contribution in [1.82, 2.24) is 9.80 Å². The fraction of sp³-hybridized carbons (Fsp3) is 1.00. The Hall–Kier alpha value is 0.400. The molecular formula is C10H21BrN2. The number of nitrogens with zero attached hydrogens (tertiary/aromatic N) is 2. The van der Waals surface area contributed by atoms with Gasteiger partial charge >= 0.3 is 0 Å². The topological polar surface area (TPSA) is 6.48 Å². The average Bonchev–Trinajstić information content (AvgIpc) is 2.03. The fourth-order valence-corrected chi connectivity index (χ4v) is 2.55. The van der Waals surface area contributed by atoms with Gasteiger partial charge in [-0.3, -0.25) is 0 Å². The molecule has 1 aliphatic rings. The van der Waals surface area contributed by atoms with E-state index in [0.717, 1.165) is 4.83 Å². The zero-order valence-electron chi connectivity index (χ0n) is 8.80. The highest BCUT2D eigenvalue weighted by Gasteiger charge is 2.16. The normalized spacial score (nSPS) is 25.4. The van der Waals surface area contributed by atoms with Crippen LogP contribution in [0.1, 0.15) is 19.3 Å². The monoisotopic (exact) mass is 248 g/mol. The molecule has 0 saturated carbocycles. The molecule has 0 spiro atoms. The highest BCUT2D eigenvalue weighted by Crippen LogP contribution is 2.16. The van der Waals surface area contributed by atoms with Gasteiger partial charge in [-0.05, 0) is 53.0 Å². The summed E-state index contributed by atoms with van der Waals surface area (Å²) in [6, 6.07) is 0. The van der Waals surface area contributed by atoms with E-state index in [9.17, 15) is 0 Å². The molecule has 1 saturated heterocycles. The molecule has 0 aromatic heterocycles. The molecule has 0 aromatic carbocycles. The van der Waals surface area contributed by atoms with E-state index in [4.69, 9.17) is 0 Å². The van der Waals surface area contributed by atoms with Crippen molar-refractivity contribution in [2.75, 3.05) is 40.3 Å². The summed E-state index contributed by atoms with van der Waals surface area (Å²) in [6.45, 7) is 5.02. The summed E-state index contributed by atoms with van der Waals surface area (Å²) in [4.78, 5) is 5.57. The first-order chi connectivity index (χ1) is 6.18. The molecule has 0 radical (unpaired) electrons. The van der Waals surface area contributed by atoms with Crippen molar-refractivity contribution in [2.24, 2.45) is 0 Å². The maximum absolute atomic E-state index is 3.70. The van der Waals surface area contributed by atoms with E-state index in [2.05, 4.69) is 39.8 Å². The lowest BCUT2D eigenvalue weighted by atomic mass is 10.1. The summed E-state index contributed by atoms with van der Waals surface area (Å²) in [5.41, 5.74) is 0. The largest absolute Gasteiger partial charge is 0.309 e. The molecule has 2 nitrogen and oxygen atoms in total. The van der Waals surface area contributed by atoms with Crippen LogP contribution in [0.25, 0.3) is 0 Å². The highest BCUT2D eigenvalue weighted by molar-refractivity contribution is 9.09. The Bertz CT molecular complexity index is 139. The molecule has 78 valence electrons. The number of hydrogen-bond acceptors (Lipinski definition) is 2. The number of rotatable bonds is 4. The number of hydrogen-bond donors (Lipinski definition) is 0. The third kappa shape index (κ3) is 4.99. The Morgan fingerprint density at radius 1 is 1.46 bits per heavy atom.